The molecule has 3 aromatic carbocycles. The summed E-state index contributed by atoms with van der Waals surface area (Å²) in [6.07, 6.45) is -4.83. The molecule has 0 radical (unpaired) electrons. The van der Waals surface area contributed by atoms with Gasteiger partial charge < -0.3 is 0 Å². The van der Waals surface area contributed by atoms with Crippen LogP contribution in [0, 0.1) is 11.6 Å². The lowest BCUT2D eigenvalue weighted by Gasteiger charge is -2.15. The third-order valence-electron chi connectivity index (χ3n) is 5.24. The number of Topliss-reactive ketones (excluding diaryl/α,β-unsaturated/α-hetero) is 1. The number of carbonyl (C=O) groups is 3. The molecule has 0 N–H and O–H groups in total. The van der Waals surface area contributed by atoms with Crippen molar-refractivity contribution in [2.45, 2.75) is 19.1 Å². The van der Waals surface area contributed by atoms with Gasteiger partial charge in [-0.3, -0.25) is 19.3 Å². The van der Waals surface area contributed by atoms with E-state index in [1.54, 1.807) is 0 Å². The Bertz CT molecular complexity index is 1300. The van der Waals surface area contributed by atoms with Gasteiger partial charge in [-0.2, -0.15) is 13.2 Å². The van der Waals surface area contributed by atoms with E-state index >= 15 is 0 Å². The Balaban J connectivity index is 1.55. The van der Waals surface area contributed by atoms with Crippen LogP contribution in [0.2, 0.25) is 0 Å². The molecule has 0 unspecified atom stereocenters. The van der Waals surface area contributed by atoms with Crippen LogP contribution in [-0.4, -0.2) is 22.5 Å². The van der Waals surface area contributed by atoms with Crippen LogP contribution in [0.1, 0.15) is 47.8 Å². The molecule has 0 aromatic heterocycles. The van der Waals surface area contributed by atoms with E-state index in [0.717, 1.165) is 29.2 Å². The minimum absolute atomic E-state index is 0.0244. The number of hydrogen-bond donors (Lipinski definition) is 0. The van der Waals surface area contributed by atoms with Crippen LogP contribution in [0.3, 0.4) is 0 Å². The zero-order chi connectivity index (χ0) is 23.9. The Morgan fingerprint density at radius 2 is 1.52 bits per heavy atom. The van der Waals surface area contributed by atoms with Crippen molar-refractivity contribution in [2.24, 2.45) is 0 Å². The summed E-state index contributed by atoms with van der Waals surface area (Å²) in [5, 5.41) is 0. The van der Waals surface area contributed by atoms with Crippen LogP contribution >= 0.6 is 0 Å². The fraction of sp³-hybridized carbons (Fsp3) is 0.125. The monoisotopic (exact) mass is 459 g/mol. The van der Waals surface area contributed by atoms with Crippen LogP contribution in [0.15, 0.2) is 60.7 Å². The number of benzene rings is 3. The van der Waals surface area contributed by atoms with E-state index in [-0.39, 0.29) is 40.8 Å². The van der Waals surface area contributed by atoms with Crippen molar-refractivity contribution in [3.63, 3.8) is 0 Å². The second kappa shape index (κ2) is 8.23. The minimum Gasteiger partial charge on any atom is -0.294 e. The summed E-state index contributed by atoms with van der Waals surface area (Å²) in [5.41, 5.74) is -0.497. The summed E-state index contributed by atoms with van der Waals surface area (Å²) in [5.74, 6) is -4.06. The number of alkyl halides is 3. The molecule has 0 saturated carbocycles. The Hall–Kier alpha value is -3.88. The third-order valence-corrected chi connectivity index (χ3v) is 5.24. The molecule has 168 valence electrons. The van der Waals surface area contributed by atoms with Crippen LogP contribution in [0.4, 0.5) is 22.0 Å². The lowest BCUT2D eigenvalue weighted by atomic mass is 9.99. The van der Waals surface area contributed by atoms with Crippen molar-refractivity contribution >= 4 is 17.6 Å². The van der Waals surface area contributed by atoms with E-state index in [0.29, 0.717) is 0 Å². The maximum Gasteiger partial charge on any atom is 0.416 e. The molecule has 0 bridgehead atoms. The summed E-state index contributed by atoms with van der Waals surface area (Å²) >= 11 is 0. The SMILES string of the molecule is O=C(Cc1ccc(F)c(F)c1)c1ccc2c(c1)C(=O)N(Cc1cccc(C(F)(F)F)c1)C2=O. The number of amides is 2. The van der Waals surface area contributed by atoms with Gasteiger partial charge in [-0.1, -0.05) is 24.3 Å². The quantitative estimate of drug-likeness (QED) is 0.299. The normalized spacial score (nSPS) is 13.4. The smallest absolute Gasteiger partial charge is 0.294 e. The molecule has 0 aliphatic carbocycles. The highest BCUT2D eigenvalue weighted by Gasteiger charge is 2.36. The van der Waals surface area contributed by atoms with Gasteiger partial charge in [0.2, 0.25) is 0 Å². The number of fused-ring (bicyclic) bond motifs is 1. The Kier molecular flexibility index (Phi) is 5.57. The van der Waals surface area contributed by atoms with Gasteiger partial charge in [0.1, 0.15) is 0 Å². The van der Waals surface area contributed by atoms with Crippen molar-refractivity contribution in [1.29, 1.82) is 0 Å². The number of imide groups is 1. The average molecular weight is 459 g/mol. The molecule has 1 heterocycles. The van der Waals surface area contributed by atoms with Crippen molar-refractivity contribution in [3.05, 3.63) is 106 Å². The van der Waals surface area contributed by atoms with Gasteiger partial charge in [0, 0.05) is 12.0 Å². The van der Waals surface area contributed by atoms with Crippen LogP contribution in [-0.2, 0) is 19.1 Å². The standard InChI is InChI=1S/C24H14F5NO3/c25-19-7-4-13(9-20(19)26)10-21(31)15-5-6-17-18(11-15)23(33)30(22(17)32)12-14-2-1-3-16(8-14)24(27,28)29/h1-9,11H,10,12H2. The second-order valence-corrected chi connectivity index (χ2v) is 7.50. The number of rotatable bonds is 5. The minimum atomic E-state index is -4.57. The maximum absolute atomic E-state index is 13.4. The zero-order valence-electron chi connectivity index (χ0n) is 16.7. The Morgan fingerprint density at radius 1 is 0.788 bits per heavy atom. The Labute approximate surface area is 184 Å². The predicted octanol–water partition coefficient (Wildman–Crippen LogP) is 5.21. The van der Waals surface area contributed by atoms with Gasteiger partial charge in [0.25, 0.3) is 11.8 Å². The summed E-state index contributed by atoms with van der Waals surface area (Å²) in [6, 6.07) is 11.2. The third kappa shape index (κ3) is 4.39. The molecule has 0 saturated heterocycles. The fourth-order valence-electron chi connectivity index (χ4n) is 3.57. The van der Waals surface area contributed by atoms with E-state index in [4.69, 9.17) is 0 Å². The number of ketones is 1. The average Bonchev–Trinajstić information content (AvgIpc) is 3.00. The van der Waals surface area contributed by atoms with E-state index < -0.39 is 41.0 Å². The lowest BCUT2D eigenvalue weighted by Crippen LogP contribution is -2.29. The summed E-state index contributed by atoms with van der Waals surface area (Å²) in [6.45, 7) is -0.367. The molecule has 33 heavy (non-hydrogen) atoms. The molecule has 3 aromatic rings. The first-order valence-corrected chi connectivity index (χ1v) is 9.68. The van der Waals surface area contributed by atoms with Crippen molar-refractivity contribution < 1.29 is 36.3 Å². The fourth-order valence-corrected chi connectivity index (χ4v) is 3.57. The van der Waals surface area contributed by atoms with Crippen LogP contribution < -0.4 is 0 Å². The summed E-state index contributed by atoms with van der Waals surface area (Å²) < 4.78 is 65.3. The zero-order valence-corrected chi connectivity index (χ0v) is 16.7. The molecular weight excluding hydrogens is 445 g/mol. The van der Waals surface area contributed by atoms with Gasteiger partial charge in [0.05, 0.1) is 23.2 Å². The highest BCUT2D eigenvalue weighted by atomic mass is 19.4. The highest BCUT2D eigenvalue weighted by molar-refractivity contribution is 6.22. The van der Waals surface area contributed by atoms with E-state index in [2.05, 4.69) is 0 Å². The van der Waals surface area contributed by atoms with E-state index in [9.17, 15) is 36.3 Å². The topological polar surface area (TPSA) is 54.5 Å². The van der Waals surface area contributed by atoms with E-state index in [1.807, 2.05) is 0 Å². The van der Waals surface area contributed by atoms with Crippen LogP contribution in [0.25, 0.3) is 0 Å². The molecule has 9 heteroatoms. The highest BCUT2D eigenvalue weighted by Crippen LogP contribution is 2.31. The van der Waals surface area contributed by atoms with Gasteiger partial charge in [0.15, 0.2) is 17.4 Å². The second-order valence-electron chi connectivity index (χ2n) is 7.50. The summed E-state index contributed by atoms with van der Waals surface area (Å²) in [7, 11) is 0. The number of hydrogen-bond acceptors (Lipinski definition) is 3. The molecular formula is C24H14F5NO3. The molecule has 0 spiro atoms. The molecule has 4 nitrogen and oxygen atoms in total. The van der Waals surface area contributed by atoms with Crippen molar-refractivity contribution in [2.75, 3.05) is 0 Å². The predicted molar refractivity (Wildman–Crippen MR) is 106 cm³/mol. The molecule has 1 aliphatic rings. The largest absolute Gasteiger partial charge is 0.416 e. The molecule has 2 amide bonds. The lowest BCUT2D eigenvalue weighted by molar-refractivity contribution is -0.137. The van der Waals surface area contributed by atoms with Gasteiger partial charge in [-0.25, -0.2) is 8.78 Å². The van der Waals surface area contributed by atoms with E-state index in [1.165, 1.54) is 36.4 Å². The number of nitrogens with zero attached hydrogens (tertiary/aromatic N) is 1. The summed E-state index contributed by atoms with van der Waals surface area (Å²) in [4.78, 5) is 38.8. The molecule has 1 aliphatic heterocycles. The van der Waals surface area contributed by atoms with Crippen molar-refractivity contribution in [1.82, 2.24) is 4.90 Å². The maximum atomic E-state index is 13.4. The number of halogens is 5. The van der Waals surface area contributed by atoms with Gasteiger partial charge in [-0.15, -0.1) is 0 Å². The molecule has 0 fully saturated rings. The molecule has 4 rings (SSSR count). The van der Waals surface area contributed by atoms with Crippen molar-refractivity contribution in [3.8, 4) is 0 Å². The Morgan fingerprint density at radius 3 is 2.21 bits per heavy atom. The molecule has 0 atom stereocenters. The van der Waals surface area contributed by atoms with Gasteiger partial charge >= 0.3 is 6.18 Å². The first kappa shape index (κ1) is 22.3. The number of carbonyl (C=O) groups excluding carboxylic acids is 3. The first-order valence-electron chi connectivity index (χ1n) is 9.68. The van der Waals surface area contributed by atoms with Gasteiger partial charge in [-0.05, 0) is 47.5 Å². The first-order chi connectivity index (χ1) is 15.5. The van der Waals surface area contributed by atoms with Crippen LogP contribution in [0.5, 0.6) is 0 Å².